The Morgan fingerprint density at radius 2 is 2.12 bits per heavy atom. The van der Waals surface area contributed by atoms with Crippen LogP contribution < -0.4 is 11.1 Å². The topological polar surface area (TPSA) is 38.0 Å². The largest absolute Gasteiger partial charge is 0.329 e. The maximum absolute atomic E-state index is 5.80. The second-order valence-corrected chi connectivity index (χ2v) is 4.13. The molecule has 3 N–H and O–H groups in total. The van der Waals surface area contributed by atoms with E-state index < -0.39 is 0 Å². The van der Waals surface area contributed by atoms with Crippen LogP contribution in [0.2, 0.25) is 0 Å². The van der Waals surface area contributed by atoms with E-state index in [1.807, 2.05) is 6.92 Å². The fourth-order valence-electron chi connectivity index (χ4n) is 1.79. The molecule has 0 fully saturated rings. The smallest absolute Gasteiger partial charge is 0.0663 e. The molecule has 16 heavy (non-hydrogen) atoms. The van der Waals surface area contributed by atoms with Crippen molar-refractivity contribution in [1.82, 2.24) is 5.32 Å². The SMILES string of the molecule is C#CC(C)NC(CN)c1cccc(C)c1C. The van der Waals surface area contributed by atoms with Crippen molar-refractivity contribution < 1.29 is 0 Å². The molecule has 1 aromatic carbocycles. The molecule has 0 heterocycles. The van der Waals surface area contributed by atoms with Gasteiger partial charge in [0.15, 0.2) is 0 Å². The Labute approximate surface area is 98.2 Å². The zero-order valence-electron chi connectivity index (χ0n) is 10.2. The van der Waals surface area contributed by atoms with E-state index in [0.29, 0.717) is 6.54 Å². The second kappa shape index (κ2) is 5.69. The van der Waals surface area contributed by atoms with Gasteiger partial charge >= 0.3 is 0 Å². The predicted molar refractivity (Wildman–Crippen MR) is 69.1 cm³/mol. The van der Waals surface area contributed by atoms with E-state index in [-0.39, 0.29) is 12.1 Å². The zero-order chi connectivity index (χ0) is 12.1. The molecule has 0 saturated heterocycles. The molecule has 2 unspecified atom stereocenters. The third-order valence-electron chi connectivity index (χ3n) is 2.96. The second-order valence-electron chi connectivity index (χ2n) is 4.13. The van der Waals surface area contributed by atoms with Gasteiger partial charge in [-0.25, -0.2) is 0 Å². The van der Waals surface area contributed by atoms with Crippen LogP contribution in [0, 0.1) is 26.2 Å². The van der Waals surface area contributed by atoms with E-state index in [1.165, 1.54) is 16.7 Å². The van der Waals surface area contributed by atoms with E-state index in [0.717, 1.165) is 0 Å². The fourth-order valence-corrected chi connectivity index (χ4v) is 1.79. The van der Waals surface area contributed by atoms with Crippen LogP contribution in [0.15, 0.2) is 18.2 Å². The summed E-state index contributed by atoms with van der Waals surface area (Å²) in [7, 11) is 0. The lowest BCUT2D eigenvalue weighted by molar-refractivity contribution is 0.516. The molecule has 0 bridgehead atoms. The zero-order valence-corrected chi connectivity index (χ0v) is 10.2. The average molecular weight is 216 g/mol. The number of nitrogens with two attached hydrogens (primary N) is 1. The van der Waals surface area contributed by atoms with Gasteiger partial charge in [0.2, 0.25) is 0 Å². The van der Waals surface area contributed by atoms with Crippen molar-refractivity contribution in [3.8, 4) is 12.3 Å². The van der Waals surface area contributed by atoms with Crippen molar-refractivity contribution in [2.24, 2.45) is 5.73 Å². The lowest BCUT2D eigenvalue weighted by Gasteiger charge is -2.22. The molecule has 0 spiro atoms. The van der Waals surface area contributed by atoms with Gasteiger partial charge < -0.3 is 5.73 Å². The Bertz CT molecular complexity index is 390. The molecule has 0 aliphatic rings. The highest BCUT2D eigenvalue weighted by Gasteiger charge is 2.14. The number of hydrogen-bond acceptors (Lipinski definition) is 2. The Hall–Kier alpha value is -1.30. The van der Waals surface area contributed by atoms with Gasteiger partial charge in [-0.1, -0.05) is 24.1 Å². The van der Waals surface area contributed by atoms with Crippen LogP contribution in [0.1, 0.15) is 29.7 Å². The van der Waals surface area contributed by atoms with Crippen molar-refractivity contribution in [2.45, 2.75) is 32.9 Å². The first kappa shape index (κ1) is 12.8. The van der Waals surface area contributed by atoms with Crippen molar-refractivity contribution in [3.05, 3.63) is 34.9 Å². The molecule has 86 valence electrons. The lowest BCUT2D eigenvalue weighted by atomic mass is 9.97. The molecule has 0 radical (unpaired) electrons. The minimum absolute atomic E-state index is 0.0356. The van der Waals surface area contributed by atoms with E-state index in [2.05, 4.69) is 43.3 Å². The monoisotopic (exact) mass is 216 g/mol. The van der Waals surface area contributed by atoms with Crippen molar-refractivity contribution >= 4 is 0 Å². The maximum atomic E-state index is 5.80. The van der Waals surface area contributed by atoms with E-state index >= 15 is 0 Å². The third-order valence-corrected chi connectivity index (χ3v) is 2.96. The summed E-state index contributed by atoms with van der Waals surface area (Å²) < 4.78 is 0. The minimum atomic E-state index is 0.0356. The summed E-state index contributed by atoms with van der Waals surface area (Å²) in [6.45, 7) is 6.75. The molecular formula is C14H20N2. The summed E-state index contributed by atoms with van der Waals surface area (Å²) in [5, 5.41) is 3.34. The van der Waals surface area contributed by atoms with Crippen LogP contribution in [0.25, 0.3) is 0 Å². The normalized spacial score (nSPS) is 14.2. The Kier molecular flexibility index (Phi) is 4.54. The molecule has 1 aromatic rings. The van der Waals surface area contributed by atoms with Gasteiger partial charge in [0.05, 0.1) is 6.04 Å². The standard InChI is InChI=1S/C14H20N2/c1-5-11(3)16-14(9-15)13-8-6-7-10(2)12(13)4/h1,6-8,11,14,16H,9,15H2,2-4H3. The van der Waals surface area contributed by atoms with Crippen LogP contribution in [0.3, 0.4) is 0 Å². The van der Waals surface area contributed by atoms with Crippen LogP contribution >= 0.6 is 0 Å². The van der Waals surface area contributed by atoms with Crippen LogP contribution in [-0.4, -0.2) is 12.6 Å². The number of hydrogen-bond donors (Lipinski definition) is 2. The maximum Gasteiger partial charge on any atom is 0.0663 e. The summed E-state index contributed by atoms with van der Waals surface area (Å²) >= 11 is 0. The van der Waals surface area contributed by atoms with Gasteiger partial charge in [-0.15, -0.1) is 6.42 Å². The number of aryl methyl sites for hydroxylation is 1. The minimum Gasteiger partial charge on any atom is -0.329 e. The number of rotatable bonds is 4. The molecule has 2 nitrogen and oxygen atoms in total. The number of benzene rings is 1. The van der Waals surface area contributed by atoms with Crippen LogP contribution in [0.4, 0.5) is 0 Å². The van der Waals surface area contributed by atoms with Crippen LogP contribution in [0.5, 0.6) is 0 Å². The van der Waals surface area contributed by atoms with Gasteiger partial charge in [-0.05, 0) is 37.5 Å². The molecule has 0 aromatic heterocycles. The predicted octanol–water partition coefficient (Wildman–Crippen LogP) is 1.91. The highest BCUT2D eigenvalue weighted by molar-refractivity contribution is 5.35. The summed E-state index contributed by atoms with van der Waals surface area (Å²) in [4.78, 5) is 0. The third kappa shape index (κ3) is 2.85. The molecule has 0 saturated carbocycles. The van der Waals surface area contributed by atoms with E-state index in [1.54, 1.807) is 0 Å². The summed E-state index contributed by atoms with van der Waals surface area (Å²) in [5.74, 6) is 2.67. The average Bonchev–Trinajstić information content (AvgIpc) is 2.29. The van der Waals surface area contributed by atoms with Crippen molar-refractivity contribution in [3.63, 3.8) is 0 Å². The van der Waals surface area contributed by atoms with Crippen molar-refractivity contribution in [2.75, 3.05) is 6.54 Å². The molecule has 2 atom stereocenters. The molecule has 0 amide bonds. The van der Waals surface area contributed by atoms with Gasteiger partial charge in [-0.3, -0.25) is 5.32 Å². The lowest BCUT2D eigenvalue weighted by Crippen LogP contribution is -2.34. The summed E-state index contributed by atoms with van der Waals surface area (Å²) in [5.41, 5.74) is 9.61. The molecule has 1 rings (SSSR count). The van der Waals surface area contributed by atoms with Gasteiger partial charge in [0.1, 0.15) is 0 Å². The van der Waals surface area contributed by atoms with Gasteiger partial charge in [-0.2, -0.15) is 0 Å². The highest BCUT2D eigenvalue weighted by atomic mass is 15.0. The summed E-state index contributed by atoms with van der Waals surface area (Å²) in [6, 6.07) is 6.44. The quantitative estimate of drug-likeness (QED) is 0.755. The number of nitrogens with one attached hydrogen (secondary N) is 1. The summed E-state index contributed by atoms with van der Waals surface area (Å²) in [6.07, 6.45) is 5.37. The highest BCUT2D eigenvalue weighted by Crippen LogP contribution is 2.20. The molecule has 0 aliphatic heterocycles. The van der Waals surface area contributed by atoms with Crippen LogP contribution in [-0.2, 0) is 0 Å². The number of terminal acetylenes is 1. The first-order valence-corrected chi connectivity index (χ1v) is 5.58. The van der Waals surface area contributed by atoms with Gasteiger partial charge in [0.25, 0.3) is 0 Å². The first-order chi connectivity index (χ1) is 7.60. The van der Waals surface area contributed by atoms with E-state index in [9.17, 15) is 0 Å². The van der Waals surface area contributed by atoms with Crippen molar-refractivity contribution in [1.29, 1.82) is 0 Å². The Balaban J connectivity index is 2.96. The first-order valence-electron chi connectivity index (χ1n) is 5.58. The Morgan fingerprint density at radius 3 is 2.69 bits per heavy atom. The Morgan fingerprint density at radius 1 is 1.44 bits per heavy atom. The molecule has 2 heteroatoms. The molecular weight excluding hydrogens is 196 g/mol. The fraction of sp³-hybridized carbons (Fsp3) is 0.429. The molecule has 0 aliphatic carbocycles. The van der Waals surface area contributed by atoms with Gasteiger partial charge in [0, 0.05) is 12.6 Å². The van der Waals surface area contributed by atoms with E-state index in [4.69, 9.17) is 12.2 Å².